The van der Waals surface area contributed by atoms with Crippen LogP contribution in [0.5, 0.6) is 0 Å². The van der Waals surface area contributed by atoms with Crippen molar-refractivity contribution in [3.63, 3.8) is 0 Å². The van der Waals surface area contributed by atoms with Crippen molar-refractivity contribution in [2.75, 3.05) is 0 Å². The fourth-order valence-electron chi connectivity index (χ4n) is 2.79. The fraction of sp³-hybridized carbons (Fsp3) is 0.471. The Morgan fingerprint density at radius 3 is 2.64 bits per heavy atom. The van der Waals surface area contributed by atoms with E-state index in [0.717, 1.165) is 18.4 Å². The van der Waals surface area contributed by atoms with Gasteiger partial charge in [-0.15, -0.1) is 10.2 Å². The maximum Gasteiger partial charge on any atom is 0.309 e. The predicted octanol–water partition coefficient (Wildman–Crippen LogP) is 3.03. The highest BCUT2D eigenvalue weighted by Crippen LogP contribution is 2.18. The van der Waals surface area contributed by atoms with Crippen molar-refractivity contribution in [2.45, 2.75) is 51.5 Å². The molecule has 0 saturated heterocycles. The molecule has 0 spiro atoms. The van der Waals surface area contributed by atoms with Gasteiger partial charge in [0.25, 0.3) is 0 Å². The molecule has 0 aliphatic heterocycles. The fourth-order valence-corrected chi connectivity index (χ4v) is 2.79. The van der Waals surface area contributed by atoms with Crippen molar-refractivity contribution in [2.24, 2.45) is 0 Å². The van der Waals surface area contributed by atoms with E-state index in [-0.39, 0.29) is 17.8 Å². The summed E-state index contributed by atoms with van der Waals surface area (Å²) < 4.78 is 5.49. The molecular weight excluding hydrogens is 278 g/mol. The molecule has 0 radical (unpaired) electrons. The van der Waals surface area contributed by atoms with Gasteiger partial charge in [0.05, 0.1) is 6.42 Å². The van der Waals surface area contributed by atoms with Gasteiger partial charge in [0, 0.05) is 6.04 Å². The molecule has 1 aromatic carbocycles. The van der Waals surface area contributed by atoms with E-state index in [0.29, 0.717) is 12.3 Å². The summed E-state index contributed by atoms with van der Waals surface area (Å²) in [4.78, 5) is 12.1. The first-order valence-electron chi connectivity index (χ1n) is 7.89. The number of hydrogen-bond donors (Lipinski definition) is 1. The van der Waals surface area contributed by atoms with Crippen LogP contribution in [-0.2, 0) is 6.42 Å². The number of amides is 1. The molecule has 1 heterocycles. The number of nitrogens with one attached hydrogen (secondary N) is 1. The lowest BCUT2D eigenvalue weighted by atomic mass is 9.95. The average molecular weight is 299 g/mol. The van der Waals surface area contributed by atoms with E-state index in [9.17, 15) is 4.79 Å². The predicted molar refractivity (Wildman–Crippen MR) is 82.6 cm³/mol. The van der Waals surface area contributed by atoms with Gasteiger partial charge in [-0.1, -0.05) is 49.1 Å². The van der Waals surface area contributed by atoms with Crippen molar-refractivity contribution in [1.29, 1.82) is 0 Å². The van der Waals surface area contributed by atoms with Crippen LogP contribution in [-0.4, -0.2) is 22.1 Å². The van der Waals surface area contributed by atoms with Gasteiger partial charge in [-0.05, 0) is 25.3 Å². The van der Waals surface area contributed by atoms with E-state index in [1.54, 1.807) is 0 Å². The molecule has 1 saturated carbocycles. The standard InChI is InChI=1S/C17H21N3O2/c1-12-7-9-13(10-8-12)11-15-19-20-17(22-15)16(21)18-14-5-3-2-4-6-14/h7-10,14H,2-6,11H2,1H3,(H,18,21). The van der Waals surface area contributed by atoms with Crippen LogP contribution in [0.15, 0.2) is 28.7 Å². The number of carbonyl (C=O) groups excluding carboxylic acids is 1. The smallest absolute Gasteiger partial charge is 0.309 e. The lowest BCUT2D eigenvalue weighted by Gasteiger charge is -2.21. The molecule has 1 N–H and O–H groups in total. The van der Waals surface area contributed by atoms with Crippen LogP contribution in [0.2, 0.25) is 0 Å². The van der Waals surface area contributed by atoms with Crippen LogP contribution in [0, 0.1) is 6.92 Å². The Morgan fingerprint density at radius 1 is 1.18 bits per heavy atom. The minimum absolute atomic E-state index is 0.0627. The first-order chi connectivity index (χ1) is 10.7. The van der Waals surface area contributed by atoms with E-state index in [1.165, 1.54) is 24.8 Å². The van der Waals surface area contributed by atoms with Gasteiger partial charge < -0.3 is 9.73 Å². The Hall–Kier alpha value is -2.17. The summed E-state index contributed by atoms with van der Waals surface area (Å²) in [5.74, 6) is 0.278. The van der Waals surface area contributed by atoms with Gasteiger partial charge in [0.2, 0.25) is 5.89 Å². The van der Waals surface area contributed by atoms with Crippen LogP contribution in [0.1, 0.15) is 59.8 Å². The van der Waals surface area contributed by atoms with Crippen LogP contribution < -0.4 is 5.32 Å². The van der Waals surface area contributed by atoms with Crippen LogP contribution >= 0.6 is 0 Å². The van der Waals surface area contributed by atoms with Crippen LogP contribution in [0.4, 0.5) is 0 Å². The number of rotatable bonds is 4. The van der Waals surface area contributed by atoms with Gasteiger partial charge in [-0.2, -0.15) is 0 Å². The zero-order valence-electron chi connectivity index (χ0n) is 12.8. The molecule has 0 bridgehead atoms. The Balaban J connectivity index is 1.60. The van der Waals surface area contributed by atoms with E-state index in [2.05, 4.69) is 15.5 Å². The molecule has 1 aromatic heterocycles. The molecule has 5 nitrogen and oxygen atoms in total. The first kappa shape index (κ1) is 14.8. The number of aryl methyl sites for hydroxylation is 1. The summed E-state index contributed by atoms with van der Waals surface area (Å²) in [6.45, 7) is 2.05. The number of aromatic nitrogens is 2. The van der Waals surface area contributed by atoms with Crippen molar-refractivity contribution >= 4 is 5.91 Å². The molecule has 5 heteroatoms. The number of carbonyl (C=O) groups is 1. The van der Waals surface area contributed by atoms with Gasteiger partial charge >= 0.3 is 11.8 Å². The van der Waals surface area contributed by atoms with Crippen molar-refractivity contribution < 1.29 is 9.21 Å². The summed E-state index contributed by atoms with van der Waals surface area (Å²) >= 11 is 0. The summed E-state index contributed by atoms with van der Waals surface area (Å²) in [5, 5.41) is 10.8. The Morgan fingerprint density at radius 2 is 1.91 bits per heavy atom. The third kappa shape index (κ3) is 3.72. The molecular formula is C17H21N3O2. The molecule has 116 valence electrons. The molecule has 0 atom stereocenters. The third-order valence-electron chi connectivity index (χ3n) is 4.08. The van der Waals surface area contributed by atoms with E-state index in [1.807, 2.05) is 31.2 Å². The van der Waals surface area contributed by atoms with Gasteiger partial charge in [0.15, 0.2) is 0 Å². The zero-order valence-corrected chi connectivity index (χ0v) is 12.8. The SMILES string of the molecule is Cc1ccc(Cc2nnc(C(=O)NC3CCCCC3)o2)cc1. The van der Waals surface area contributed by atoms with Gasteiger partial charge in [-0.25, -0.2) is 0 Å². The summed E-state index contributed by atoms with van der Waals surface area (Å²) in [6.07, 6.45) is 6.23. The highest BCUT2D eigenvalue weighted by Gasteiger charge is 2.20. The molecule has 1 fully saturated rings. The lowest BCUT2D eigenvalue weighted by molar-refractivity contribution is 0.0891. The zero-order chi connectivity index (χ0) is 15.4. The minimum atomic E-state index is -0.255. The molecule has 1 amide bonds. The van der Waals surface area contributed by atoms with Crippen molar-refractivity contribution in [3.05, 3.63) is 47.2 Å². The van der Waals surface area contributed by atoms with Crippen molar-refractivity contribution in [3.8, 4) is 0 Å². The first-order valence-corrected chi connectivity index (χ1v) is 7.89. The number of hydrogen-bond acceptors (Lipinski definition) is 4. The van der Waals surface area contributed by atoms with E-state index < -0.39 is 0 Å². The summed E-state index contributed by atoms with van der Waals surface area (Å²) in [5.41, 5.74) is 2.30. The van der Waals surface area contributed by atoms with E-state index in [4.69, 9.17) is 4.42 Å². The highest BCUT2D eigenvalue weighted by atomic mass is 16.4. The van der Waals surface area contributed by atoms with Gasteiger partial charge in [0.1, 0.15) is 0 Å². The second kappa shape index (κ2) is 6.73. The number of nitrogens with zero attached hydrogens (tertiary/aromatic N) is 2. The Kier molecular flexibility index (Phi) is 4.51. The Labute approximate surface area is 130 Å². The van der Waals surface area contributed by atoms with E-state index >= 15 is 0 Å². The second-order valence-electron chi connectivity index (χ2n) is 5.97. The molecule has 3 rings (SSSR count). The third-order valence-corrected chi connectivity index (χ3v) is 4.08. The summed E-state index contributed by atoms with van der Waals surface area (Å²) in [6, 6.07) is 8.39. The summed E-state index contributed by atoms with van der Waals surface area (Å²) in [7, 11) is 0. The average Bonchev–Trinajstić information content (AvgIpc) is 2.99. The molecule has 0 unspecified atom stereocenters. The highest BCUT2D eigenvalue weighted by molar-refractivity contribution is 5.89. The lowest BCUT2D eigenvalue weighted by Crippen LogP contribution is -2.36. The maximum atomic E-state index is 12.1. The van der Waals surface area contributed by atoms with Gasteiger partial charge in [-0.3, -0.25) is 4.79 Å². The quantitative estimate of drug-likeness (QED) is 0.942. The number of benzene rings is 1. The largest absolute Gasteiger partial charge is 0.417 e. The molecule has 22 heavy (non-hydrogen) atoms. The van der Waals surface area contributed by atoms with Crippen LogP contribution in [0.25, 0.3) is 0 Å². The maximum absolute atomic E-state index is 12.1. The molecule has 2 aromatic rings. The topological polar surface area (TPSA) is 68.0 Å². The molecule has 1 aliphatic carbocycles. The minimum Gasteiger partial charge on any atom is -0.417 e. The van der Waals surface area contributed by atoms with Crippen LogP contribution in [0.3, 0.4) is 0 Å². The normalized spacial score (nSPS) is 15.7. The molecule has 1 aliphatic rings. The monoisotopic (exact) mass is 299 g/mol. The second-order valence-corrected chi connectivity index (χ2v) is 5.97. The Bertz CT molecular complexity index is 628. The van der Waals surface area contributed by atoms with Crippen molar-refractivity contribution in [1.82, 2.24) is 15.5 Å².